The molecule has 0 fully saturated rings. The number of hydrogen-bond donors (Lipinski definition) is 1. The second kappa shape index (κ2) is 6.99. The maximum Gasteiger partial charge on any atom is 0.303 e. The zero-order valence-corrected chi connectivity index (χ0v) is 12.3. The number of nitro groups is 1. The van der Waals surface area contributed by atoms with Gasteiger partial charge in [-0.1, -0.05) is 0 Å². The van der Waals surface area contributed by atoms with E-state index >= 15 is 0 Å². The van der Waals surface area contributed by atoms with Crippen LogP contribution in [-0.2, 0) is 4.79 Å². The Morgan fingerprint density at radius 1 is 1.45 bits per heavy atom. The van der Waals surface area contributed by atoms with E-state index in [4.69, 9.17) is 5.11 Å². The Bertz CT molecular complexity index is 547. The standard InChI is InChI=1S/C12H13BrN2O5/c1-14(6-2-3-11(16)17)12(18)8-4-5-9(13)10(7-8)15(19)20/h4-5,7H,2-3,6H2,1H3,(H,16,17). The number of nitro benzene ring substituents is 1. The number of carbonyl (C=O) groups is 2. The molecular weight excluding hydrogens is 332 g/mol. The monoisotopic (exact) mass is 344 g/mol. The fourth-order valence-corrected chi connectivity index (χ4v) is 1.97. The summed E-state index contributed by atoms with van der Waals surface area (Å²) in [5.41, 5.74) is 0.00695. The average Bonchev–Trinajstić information content (AvgIpc) is 2.37. The SMILES string of the molecule is CN(CCCC(=O)O)C(=O)c1ccc(Br)c([N+](=O)[O-])c1. The first kappa shape index (κ1) is 16.1. The van der Waals surface area contributed by atoms with Gasteiger partial charge >= 0.3 is 5.97 Å². The molecule has 0 saturated heterocycles. The summed E-state index contributed by atoms with van der Waals surface area (Å²) in [6.45, 7) is 0.273. The van der Waals surface area contributed by atoms with Gasteiger partial charge in [0.15, 0.2) is 0 Å². The zero-order valence-electron chi connectivity index (χ0n) is 10.7. The molecule has 8 heteroatoms. The molecule has 0 aliphatic rings. The van der Waals surface area contributed by atoms with E-state index in [9.17, 15) is 19.7 Å². The third kappa shape index (κ3) is 4.30. The third-order valence-corrected chi connectivity index (χ3v) is 3.29. The van der Waals surface area contributed by atoms with Gasteiger partial charge in [0.05, 0.1) is 9.40 Å². The minimum absolute atomic E-state index is 0.0297. The average molecular weight is 345 g/mol. The maximum absolute atomic E-state index is 12.0. The van der Waals surface area contributed by atoms with E-state index in [0.717, 1.165) is 0 Å². The number of carboxylic acid groups (broad SMARTS) is 1. The molecule has 0 spiro atoms. The van der Waals surface area contributed by atoms with Crippen molar-refractivity contribution in [2.75, 3.05) is 13.6 Å². The van der Waals surface area contributed by atoms with Gasteiger partial charge < -0.3 is 10.0 Å². The van der Waals surface area contributed by atoms with Crippen molar-refractivity contribution < 1.29 is 19.6 Å². The molecular formula is C12H13BrN2O5. The fourth-order valence-electron chi connectivity index (χ4n) is 1.57. The second-order valence-electron chi connectivity index (χ2n) is 4.15. The van der Waals surface area contributed by atoms with Crippen LogP contribution in [0.2, 0.25) is 0 Å². The lowest BCUT2D eigenvalue weighted by atomic mass is 10.1. The number of rotatable bonds is 6. The molecule has 0 aromatic heterocycles. The molecule has 1 aromatic rings. The lowest BCUT2D eigenvalue weighted by Crippen LogP contribution is -2.28. The Balaban J connectivity index is 2.79. The zero-order chi connectivity index (χ0) is 15.3. The number of carbonyl (C=O) groups excluding carboxylic acids is 1. The number of hydrogen-bond acceptors (Lipinski definition) is 4. The summed E-state index contributed by atoms with van der Waals surface area (Å²) < 4.78 is 0.299. The highest BCUT2D eigenvalue weighted by atomic mass is 79.9. The summed E-state index contributed by atoms with van der Waals surface area (Å²) in [7, 11) is 1.53. The van der Waals surface area contributed by atoms with E-state index in [2.05, 4.69) is 15.9 Å². The molecule has 0 radical (unpaired) electrons. The Kier molecular flexibility index (Phi) is 5.63. The van der Waals surface area contributed by atoms with Crippen molar-refractivity contribution in [3.8, 4) is 0 Å². The predicted molar refractivity (Wildman–Crippen MR) is 74.6 cm³/mol. The van der Waals surface area contributed by atoms with Crippen LogP contribution in [-0.4, -0.2) is 40.4 Å². The van der Waals surface area contributed by atoms with Gasteiger partial charge in [-0.15, -0.1) is 0 Å². The number of halogens is 1. The summed E-state index contributed by atoms with van der Waals surface area (Å²) in [6.07, 6.45) is 0.300. The quantitative estimate of drug-likeness (QED) is 0.630. The lowest BCUT2D eigenvalue weighted by molar-refractivity contribution is -0.385. The molecule has 1 rings (SSSR count). The van der Waals surface area contributed by atoms with Gasteiger partial charge in [-0.3, -0.25) is 19.7 Å². The largest absolute Gasteiger partial charge is 0.481 e. The van der Waals surface area contributed by atoms with Crippen molar-refractivity contribution in [1.29, 1.82) is 0 Å². The Labute approximate surface area is 123 Å². The van der Waals surface area contributed by atoms with Crippen LogP contribution in [0.3, 0.4) is 0 Å². The minimum Gasteiger partial charge on any atom is -0.481 e. The van der Waals surface area contributed by atoms with Gasteiger partial charge in [-0.05, 0) is 34.5 Å². The van der Waals surface area contributed by atoms with Crippen LogP contribution < -0.4 is 0 Å². The van der Waals surface area contributed by atoms with Gasteiger partial charge in [-0.25, -0.2) is 0 Å². The molecule has 1 N–H and O–H groups in total. The number of nitrogens with zero attached hydrogens (tertiary/aromatic N) is 2. The number of carboxylic acids is 1. The van der Waals surface area contributed by atoms with E-state index < -0.39 is 10.9 Å². The highest BCUT2D eigenvalue weighted by Gasteiger charge is 2.18. The van der Waals surface area contributed by atoms with E-state index in [-0.39, 0.29) is 30.1 Å². The van der Waals surface area contributed by atoms with Crippen LogP contribution in [0.25, 0.3) is 0 Å². The molecule has 0 aliphatic heterocycles. The van der Waals surface area contributed by atoms with Crippen LogP contribution in [0.1, 0.15) is 23.2 Å². The molecule has 0 atom stereocenters. The van der Waals surface area contributed by atoms with Crippen molar-refractivity contribution in [1.82, 2.24) is 4.90 Å². The topological polar surface area (TPSA) is 101 Å². The smallest absolute Gasteiger partial charge is 0.303 e. The molecule has 7 nitrogen and oxygen atoms in total. The van der Waals surface area contributed by atoms with Crippen LogP contribution >= 0.6 is 15.9 Å². The molecule has 0 saturated carbocycles. The summed E-state index contributed by atoms with van der Waals surface area (Å²) in [6, 6.07) is 4.11. The molecule has 0 bridgehead atoms. The molecule has 20 heavy (non-hydrogen) atoms. The van der Waals surface area contributed by atoms with Crippen molar-refractivity contribution in [3.05, 3.63) is 38.3 Å². The highest BCUT2D eigenvalue weighted by Crippen LogP contribution is 2.26. The normalized spacial score (nSPS) is 10.1. The van der Waals surface area contributed by atoms with Crippen molar-refractivity contribution in [2.45, 2.75) is 12.8 Å². The Hall–Kier alpha value is -1.96. The number of amides is 1. The molecule has 0 aliphatic carbocycles. The van der Waals surface area contributed by atoms with E-state index in [0.29, 0.717) is 10.9 Å². The van der Waals surface area contributed by atoms with Crippen LogP contribution in [0.4, 0.5) is 5.69 Å². The minimum atomic E-state index is -0.926. The van der Waals surface area contributed by atoms with Crippen molar-refractivity contribution in [2.24, 2.45) is 0 Å². The summed E-state index contributed by atoms with van der Waals surface area (Å²) in [4.78, 5) is 34.0. The van der Waals surface area contributed by atoms with Crippen molar-refractivity contribution in [3.63, 3.8) is 0 Å². The molecule has 1 aromatic carbocycles. The van der Waals surface area contributed by atoms with E-state index in [1.54, 1.807) is 0 Å². The highest BCUT2D eigenvalue weighted by molar-refractivity contribution is 9.10. The first-order valence-electron chi connectivity index (χ1n) is 5.74. The van der Waals surface area contributed by atoms with Crippen LogP contribution in [0, 0.1) is 10.1 Å². The van der Waals surface area contributed by atoms with Gasteiger partial charge in [-0.2, -0.15) is 0 Å². The lowest BCUT2D eigenvalue weighted by Gasteiger charge is -2.16. The Morgan fingerprint density at radius 3 is 2.65 bits per heavy atom. The fraction of sp³-hybridized carbons (Fsp3) is 0.333. The molecule has 0 heterocycles. The number of benzene rings is 1. The summed E-state index contributed by atoms with van der Waals surface area (Å²) >= 11 is 3.04. The summed E-state index contributed by atoms with van der Waals surface area (Å²) in [5.74, 6) is -1.31. The predicted octanol–water partition coefficient (Wildman–Crippen LogP) is 2.29. The maximum atomic E-state index is 12.0. The second-order valence-corrected chi connectivity index (χ2v) is 5.00. The van der Waals surface area contributed by atoms with Crippen molar-refractivity contribution >= 4 is 33.5 Å². The van der Waals surface area contributed by atoms with Gasteiger partial charge in [0.2, 0.25) is 0 Å². The van der Waals surface area contributed by atoms with Crippen LogP contribution in [0.15, 0.2) is 22.7 Å². The number of aliphatic carboxylic acids is 1. The molecule has 108 valence electrons. The Morgan fingerprint density at radius 2 is 2.10 bits per heavy atom. The molecule has 0 unspecified atom stereocenters. The summed E-state index contributed by atoms with van der Waals surface area (Å²) in [5, 5.41) is 19.3. The van der Waals surface area contributed by atoms with Gasteiger partial charge in [0.1, 0.15) is 0 Å². The van der Waals surface area contributed by atoms with Gasteiger partial charge in [0.25, 0.3) is 11.6 Å². The van der Waals surface area contributed by atoms with E-state index in [1.807, 2.05) is 0 Å². The molecule has 1 amide bonds. The van der Waals surface area contributed by atoms with Gasteiger partial charge in [0, 0.05) is 31.6 Å². The third-order valence-electron chi connectivity index (χ3n) is 2.62. The van der Waals surface area contributed by atoms with Crippen LogP contribution in [0.5, 0.6) is 0 Å². The van der Waals surface area contributed by atoms with E-state index in [1.165, 1.54) is 30.1 Å². The first-order valence-corrected chi connectivity index (χ1v) is 6.53. The first-order chi connectivity index (χ1) is 9.32.